The number of esters is 1. The van der Waals surface area contributed by atoms with Crippen LogP contribution in [0.4, 0.5) is 11.7 Å². The Hall–Kier alpha value is -4.13. The van der Waals surface area contributed by atoms with Gasteiger partial charge in [0.2, 0.25) is 0 Å². The molecule has 0 spiro atoms. The minimum Gasteiger partial charge on any atom is -0.495 e. The summed E-state index contributed by atoms with van der Waals surface area (Å²) in [7, 11) is 2.88. The van der Waals surface area contributed by atoms with Crippen LogP contribution in [0.15, 0.2) is 77.5 Å². The third-order valence-corrected chi connectivity index (χ3v) is 4.48. The maximum absolute atomic E-state index is 11.8. The summed E-state index contributed by atoms with van der Waals surface area (Å²) in [6.07, 6.45) is 3.39. The van der Waals surface area contributed by atoms with Crippen LogP contribution < -0.4 is 10.1 Å². The fourth-order valence-electron chi connectivity index (χ4n) is 3.00. The highest BCUT2D eigenvalue weighted by molar-refractivity contribution is 5.91. The summed E-state index contributed by atoms with van der Waals surface area (Å²) in [5.41, 5.74) is 3.65. The van der Waals surface area contributed by atoms with E-state index in [4.69, 9.17) is 13.9 Å². The van der Waals surface area contributed by atoms with Gasteiger partial charge in [-0.05, 0) is 36.4 Å². The minimum atomic E-state index is -0.444. The van der Waals surface area contributed by atoms with Gasteiger partial charge in [-0.1, -0.05) is 24.3 Å². The predicted octanol–water partition coefficient (Wildman–Crippen LogP) is 4.94. The van der Waals surface area contributed by atoms with Crippen molar-refractivity contribution in [3.8, 4) is 28.3 Å². The van der Waals surface area contributed by atoms with Crippen LogP contribution >= 0.6 is 0 Å². The van der Waals surface area contributed by atoms with Crippen LogP contribution in [0.3, 0.4) is 0 Å². The first-order valence-corrected chi connectivity index (χ1v) is 9.19. The summed E-state index contributed by atoms with van der Waals surface area (Å²) in [5, 5.41) is 3.06. The molecule has 4 aromatic rings. The van der Waals surface area contributed by atoms with Gasteiger partial charge in [0.05, 0.1) is 37.4 Å². The number of oxazole rings is 1. The van der Waals surface area contributed by atoms with Crippen LogP contribution in [0.2, 0.25) is 0 Å². The summed E-state index contributed by atoms with van der Waals surface area (Å²) in [6.45, 7) is 0. The molecule has 1 N–H and O–H groups in total. The number of hydrogen-bond acceptors (Lipinski definition) is 7. The zero-order valence-corrected chi connectivity index (χ0v) is 16.5. The normalized spacial score (nSPS) is 10.5. The molecule has 0 saturated heterocycles. The minimum absolute atomic E-state index is 0.272. The molecular formula is C23H19N3O4. The van der Waals surface area contributed by atoms with Gasteiger partial charge in [-0.3, -0.25) is 4.98 Å². The number of aromatic nitrogens is 2. The third-order valence-electron chi connectivity index (χ3n) is 4.48. The molecular weight excluding hydrogens is 382 g/mol. The quantitative estimate of drug-likeness (QED) is 0.458. The number of ether oxygens (including phenoxy) is 2. The van der Waals surface area contributed by atoms with Gasteiger partial charge in [0.1, 0.15) is 5.75 Å². The first-order valence-electron chi connectivity index (χ1n) is 9.19. The summed E-state index contributed by atoms with van der Waals surface area (Å²) in [4.78, 5) is 20.5. The van der Waals surface area contributed by atoms with Gasteiger partial charge >= 0.3 is 5.97 Å². The maximum Gasteiger partial charge on any atom is 0.337 e. The molecule has 0 bridgehead atoms. The van der Waals surface area contributed by atoms with Gasteiger partial charge in [0.25, 0.3) is 6.01 Å². The van der Waals surface area contributed by atoms with Gasteiger partial charge in [-0.2, -0.15) is 0 Å². The van der Waals surface area contributed by atoms with Crippen molar-refractivity contribution in [2.24, 2.45) is 0 Å². The standard InChI is InChI=1S/C23H19N3O4/c1-28-20-10-9-17(22(27)29-2)13-19(20)26-23-25-14-21(30-23)16-7-5-6-15(12-16)18-8-3-4-11-24-18/h3-14H,1-2H3,(H,25,26). The average molecular weight is 401 g/mol. The number of methoxy groups -OCH3 is 2. The van der Waals surface area contributed by atoms with Crippen LogP contribution in [0.25, 0.3) is 22.6 Å². The molecule has 2 aromatic carbocycles. The maximum atomic E-state index is 11.8. The topological polar surface area (TPSA) is 86.5 Å². The number of carbonyl (C=O) groups is 1. The lowest BCUT2D eigenvalue weighted by Crippen LogP contribution is -2.03. The molecule has 0 aliphatic heterocycles. The first-order chi connectivity index (χ1) is 14.7. The zero-order valence-electron chi connectivity index (χ0n) is 16.5. The first kappa shape index (κ1) is 19.2. The van der Waals surface area contributed by atoms with E-state index in [0.29, 0.717) is 22.8 Å². The molecule has 30 heavy (non-hydrogen) atoms. The van der Waals surface area contributed by atoms with E-state index in [1.807, 2.05) is 42.5 Å². The third kappa shape index (κ3) is 4.00. The number of pyridine rings is 1. The molecule has 0 saturated carbocycles. The fraction of sp³-hybridized carbons (Fsp3) is 0.0870. The number of anilines is 2. The number of benzene rings is 2. The van der Waals surface area contributed by atoms with Crippen LogP contribution in [0.5, 0.6) is 5.75 Å². The SMILES string of the molecule is COC(=O)c1ccc(OC)c(Nc2ncc(-c3cccc(-c4ccccn4)c3)o2)c1. The van der Waals surface area contributed by atoms with Crippen LogP contribution in [-0.2, 0) is 4.74 Å². The van der Waals surface area contributed by atoms with E-state index in [2.05, 4.69) is 15.3 Å². The van der Waals surface area contributed by atoms with Crippen molar-refractivity contribution in [1.29, 1.82) is 0 Å². The molecule has 2 aromatic heterocycles. The molecule has 0 fully saturated rings. The van der Waals surface area contributed by atoms with Crippen molar-refractivity contribution in [1.82, 2.24) is 9.97 Å². The largest absolute Gasteiger partial charge is 0.495 e. The van der Waals surface area contributed by atoms with Crippen molar-refractivity contribution in [2.45, 2.75) is 0 Å². The molecule has 150 valence electrons. The Kier molecular flexibility index (Phi) is 5.43. The van der Waals surface area contributed by atoms with Crippen LogP contribution in [0.1, 0.15) is 10.4 Å². The lowest BCUT2D eigenvalue weighted by atomic mass is 10.1. The fourth-order valence-corrected chi connectivity index (χ4v) is 3.00. The number of rotatable bonds is 6. The van der Waals surface area contributed by atoms with E-state index in [9.17, 15) is 4.79 Å². The summed E-state index contributed by atoms with van der Waals surface area (Å²) in [5.74, 6) is 0.693. The summed E-state index contributed by atoms with van der Waals surface area (Å²) >= 11 is 0. The number of carbonyl (C=O) groups excluding carboxylic acids is 1. The number of nitrogens with one attached hydrogen (secondary N) is 1. The van der Waals surface area contributed by atoms with E-state index >= 15 is 0 Å². The Morgan fingerprint density at radius 3 is 2.60 bits per heavy atom. The van der Waals surface area contributed by atoms with E-state index in [0.717, 1.165) is 16.8 Å². The Morgan fingerprint density at radius 2 is 1.83 bits per heavy atom. The molecule has 0 aliphatic rings. The smallest absolute Gasteiger partial charge is 0.337 e. The van der Waals surface area contributed by atoms with Gasteiger partial charge in [0.15, 0.2) is 5.76 Å². The van der Waals surface area contributed by atoms with E-state index in [1.54, 1.807) is 37.7 Å². The Morgan fingerprint density at radius 1 is 0.967 bits per heavy atom. The van der Waals surface area contributed by atoms with Gasteiger partial charge in [0, 0.05) is 17.3 Å². The van der Waals surface area contributed by atoms with Crippen LogP contribution in [-0.4, -0.2) is 30.2 Å². The molecule has 2 heterocycles. The van der Waals surface area contributed by atoms with Crippen molar-refractivity contribution in [3.63, 3.8) is 0 Å². The van der Waals surface area contributed by atoms with Crippen molar-refractivity contribution >= 4 is 17.7 Å². The highest BCUT2D eigenvalue weighted by atomic mass is 16.5. The Balaban J connectivity index is 1.61. The van der Waals surface area contributed by atoms with Crippen molar-refractivity contribution < 1.29 is 18.7 Å². The lowest BCUT2D eigenvalue weighted by Gasteiger charge is -2.10. The molecule has 0 unspecified atom stereocenters. The molecule has 4 rings (SSSR count). The number of hydrogen-bond donors (Lipinski definition) is 1. The highest BCUT2D eigenvalue weighted by Crippen LogP contribution is 2.31. The Bertz CT molecular complexity index is 1170. The van der Waals surface area contributed by atoms with E-state index in [1.165, 1.54) is 7.11 Å². The molecule has 0 aliphatic carbocycles. The van der Waals surface area contributed by atoms with Crippen molar-refractivity contribution in [3.05, 3.63) is 78.6 Å². The lowest BCUT2D eigenvalue weighted by molar-refractivity contribution is 0.0600. The predicted molar refractivity (Wildman–Crippen MR) is 113 cm³/mol. The number of nitrogens with zero attached hydrogens (tertiary/aromatic N) is 2. The summed E-state index contributed by atoms with van der Waals surface area (Å²) in [6, 6.07) is 18.8. The zero-order chi connectivity index (χ0) is 20.9. The average Bonchev–Trinajstić information content (AvgIpc) is 3.27. The second-order valence-corrected chi connectivity index (χ2v) is 6.36. The molecule has 0 amide bonds. The van der Waals surface area contributed by atoms with E-state index in [-0.39, 0.29) is 6.01 Å². The molecule has 7 heteroatoms. The molecule has 0 radical (unpaired) electrons. The molecule has 7 nitrogen and oxygen atoms in total. The Labute approximate surface area is 173 Å². The van der Waals surface area contributed by atoms with Gasteiger partial charge in [-0.15, -0.1) is 0 Å². The summed E-state index contributed by atoms with van der Waals surface area (Å²) < 4.78 is 16.0. The second kappa shape index (κ2) is 8.48. The van der Waals surface area contributed by atoms with E-state index < -0.39 is 5.97 Å². The monoisotopic (exact) mass is 401 g/mol. The molecule has 0 atom stereocenters. The second-order valence-electron chi connectivity index (χ2n) is 6.36. The van der Waals surface area contributed by atoms with Crippen LogP contribution in [0, 0.1) is 0 Å². The van der Waals surface area contributed by atoms with Gasteiger partial charge < -0.3 is 19.2 Å². The van der Waals surface area contributed by atoms with Gasteiger partial charge in [-0.25, -0.2) is 9.78 Å². The van der Waals surface area contributed by atoms with Crippen molar-refractivity contribution in [2.75, 3.05) is 19.5 Å². The highest BCUT2D eigenvalue weighted by Gasteiger charge is 2.14.